The van der Waals surface area contributed by atoms with Crippen LogP contribution in [0.1, 0.15) is 35.4 Å². The molecule has 4 aromatic rings. The van der Waals surface area contributed by atoms with Crippen molar-refractivity contribution in [2.24, 2.45) is 4.99 Å². The maximum absolute atomic E-state index is 13.5. The van der Waals surface area contributed by atoms with E-state index in [4.69, 9.17) is 4.99 Å². The maximum atomic E-state index is 13.5. The minimum Gasteiger partial charge on any atom is -0.511 e. The number of carbonyl (C=O) groups is 1. The number of ketones is 1. The fourth-order valence-electron chi connectivity index (χ4n) is 4.83. The Morgan fingerprint density at radius 1 is 0.853 bits per heavy atom. The Balaban J connectivity index is 1.59. The zero-order valence-electron chi connectivity index (χ0n) is 19.2. The molecule has 1 N–H and O–H groups in total. The van der Waals surface area contributed by atoms with Crippen molar-refractivity contribution < 1.29 is 9.90 Å². The number of hydrogen-bond donors (Lipinski definition) is 1. The predicted molar refractivity (Wildman–Crippen MR) is 139 cm³/mol. The number of aliphatic hydroxyl groups is 1. The van der Waals surface area contributed by atoms with Crippen LogP contribution in [-0.4, -0.2) is 16.6 Å². The number of aliphatic hydroxyl groups excluding tert-OH is 1. The van der Waals surface area contributed by atoms with Crippen LogP contribution in [0.4, 0.5) is 5.69 Å². The third kappa shape index (κ3) is 4.42. The Bertz CT molecular complexity index is 1410. The molecule has 1 fully saturated rings. The molecule has 168 valence electrons. The standard InChI is InChI=1S/C31H27NO2/c1-21-10-5-8-17-27(21)32-28-18-25(22-11-3-2-4-12-22)20-30(34)31(28)29(33)19-24-15-9-14-23-13-6-7-16-26(23)24/h2-17,25,33H,18-20H2,1H3. The lowest BCUT2D eigenvalue weighted by atomic mass is 9.78. The first-order chi connectivity index (χ1) is 16.6. The average Bonchev–Trinajstić information content (AvgIpc) is 2.86. The van der Waals surface area contributed by atoms with Gasteiger partial charge in [-0.2, -0.15) is 0 Å². The molecule has 3 nitrogen and oxygen atoms in total. The summed E-state index contributed by atoms with van der Waals surface area (Å²) in [6, 6.07) is 32.2. The van der Waals surface area contributed by atoms with Gasteiger partial charge in [-0.25, -0.2) is 0 Å². The topological polar surface area (TPSA) is 49.7 Å². The molecule has 4 aromatic carbocycles. The van der Waals surface area contributed by atoms with Gasteiger partial charge in [0.25, 0.3) is 0 Å². The van der Waals surface area contributed by atoms with Gasteiger partial charge < -0.3 is 5.11 Å². The second-order valence-electron chi connectivity index (χ2n) is 8.92. The summed E-state index contributed by atoms with van der Waals surface area (Å²) >= 11 is 0. The Hall–Kier alpha value is -3.98. The highest BCUT2D eigenvalue weighted by Crippen LogP contribution is 2.35. The monoisotopic (exact) mass is 445 g/mol. The van der Waals surface area contributed by atoms with E-state index in [0.717, 1.165) is 33.2 Å². The number of aryl methyl sites for hydroxylation is 1. The van der Waals surface area contributed by atoms with Gasteiger partial charge in [0.1, 0.15) is 5.76 Å². The second kappa shape index (κ2) is 9.48. The molecule has 0 spiro atoms. The third-order valence-corrected chi connectivity index (χ3v) is 6.61. The van der Waals surface area contributed by atoms with Gasteiger partial charge in [0.2, 0.25) is 0 Å². The molecular formula is C31H27NO2. The van der Waals surface area contributed by atoms with Gasteiger partial charge >= 0.3 is 0 Å². The number of para-hydroxylation sites is 1. The van der Waals surface area contributed by atoms with E-state index in [1.165, 1.54) is 0 Å². The number of hydrogen-bond acceptors (Lipinski definition) is 3. The van der Waals surface area contributed by atoms with Crippen LogP contribution in [0.2, 0.25) is 0 Å². The van der Waals surface area contributed by atoms with Crippen LogP contribution in [-0.2, 0) is 11.2 Å². The number of Topliss-reactive ketones (excluding diaryl/α,β-unsaturated/α-hetero) is 1. The third-order valence-electron chi connectivity index (χ3n) is 6.61. The molecule has 1 aliphatic rings. The highest BCUT2D eigenvalue weighted by Gasteiger charge is 2.32. The lowest BCUT2D eigenvalue weighted by Gasteiger charge is -2.26. The van der Waals surface area contributed by atoms with Crippen molar-refractivity contribution in [3.63, 3.8) is 0 Å². The lowest BCUT2D eigenvalue weighted by molar-refractivity contribution is -0.115. The minimum absolute atomic E-state index is 0.0468. The summed E-state index contributed by atoms with van der Waals surface area (Å²) in [6.45, 7) is 2.01. The smallest absolute Gasteiger partial charge is 0.168 e. The molecule has 1 atom stereocenters. The van der Waals surface area contributed by atoms with Gasteiger partial charge in [0.05, 0.1) is 17.0 Å². The SMILES string of the molecule is Cc1ccccc1N=C1CC(c2ccccc2)CC(=O)C1=C(O)Cc1cccc2ccccc12. The molecule has 0 amide bonds. The van der Waals surface area contributed by atoms with Gasteiger partial charge in [-0.3, -0.25) is 9.79 Å². The Kier molecular flexibility index (Phi) is 6.09. The number of benzene rings is 4. The Morgan fingerprint density at radius 3 is 2.38 bits per heavy atom. The zero-order valence-corrected chi connectivity index (χ0v) is 19.2. The first-order valence-corrected chi connectivity index (χ1v) is 11.7. The van der Waals surface area contributed by atoms with Crippen LogP contribution in [0, 0.1) is 6.92 Å². The van der Waals surface area contributed by atoms with Crippen molar-refractivity contribution in [2.75, 3.05) is 0 Å². The zero-order chi connectivity index (χ0) is 23.5. The highest BCUT2D eigenvalue weighted by molar-refractivity contribution is 6.25. The number of allylic oxidation sites excluding steroid dienone is 2. The van der Waals surface area contributed by atoms with E-state index >= 15 is 0 Å². The molecule has 1 saturated carbocycles. The van der Waals surface area contributed by atoms with Crippen LogP contribution in [0.25, 0.3) is 10.8 Å². The number of nitrogens with zero attached hydrogens (tertiary/aromatic N) is 1. The molecule has 0 heterocycles. The van der Waals surface area contributed by atoms with E-state index in [2.05, 4.69) is 30.3 Å². The number of rotatable bonds is 4. The molecule has 0 aromatic heterocycles. The maximum Gasteiger partial charge on any atom is 0.168 e. The van der Waals surface area contributed by atoms with E-state index < -0.39 is 0 Å². The average molecular weight is 446 g/mol. The van der Waals surface area contributed by atoms with Gasteiger partial charge in [-0.05, 0) is 52.8 Å². The summed E-state index contributed by atoms with van der Waals surface area (Å²) in [5.41, 5.74) is 5.03. The molecule has 1 unspecified atom stereocenters. The Morgan fingerprint density at radius 2 is 1.56 bits per heavy atom. The first-order valence-electron chi connectivity index (χ1n) is 11.7. The van der Waals surface area contributed by atoms with Crippen molar-refractivity contribution in [1.82, 2.24) is 0 Å². The molecule has 34 heavy (non-hydrogen) atoms. The fourth-order valence-corrected chi connectivity index (χ4v) is 4.83. The highest BCUT2D eigenvalue weighted by atomic mass is 16.3. The second-order valence-corrected chi connectivity index (χ2v) is 8.92. The predicted octanol–water partition coefficient (Wildman–Crippen LogP) is 7.42. The summed E-state index contributed by atoms with van der Waals surface area (Å²) in [6.07, 6.45) is 1.27. The van der Waals surface area contributed by atoms with Gasteiger partial charge in [0.15, 0.2) is 5.78 Å². The number of fused-ring (bicyclic) bond motifs is 1. The van der Waals surface area contributed by atoms with Crippen molar-refractivity contribution >= 4 is 28.0 Å². The molecular weight excluding hydrogens is 418 g/mol. The van der Waals surface area contributed by atoms with E-state index in [1.807, 2.05) is 73.7 Å². The van der Waals surface area contributed by atoms with Crippen LogP contribution in [0.15, 0.2) is 113 Å². The number of aliphatic imine (C=N–C) groups is 1. The quantitative estimate of drug-likeness (QED) is 0.262. The van der Waals surface area contributed by atoms with Gasteiger partial charge in [0, 0.05) is 12.8 Å². The summed E-state index contributed by atoms with van der Waals surface area (Å²) in [4.78, 5) is 18.4. The number of carbonyl (C=O) groups excluding carboxylic acids is 1. The molecule has 5 rings (SSSR count). The summed E-state index contributed by atoms with van der Waals surface area (Å²) < 4.78 is 0. The normalized spacial score (nSPS) is 18.9. The van der Waals surface area contributed by atoms with Crippen molar-refractivity contribution in [1.29, 1.82) is 0 Å². The fraction of sp³-hybridized carbons (Fsp3) is 0.161. The molecule has 0 radical (unpaired) electrons. The van der Waals surface area contributed by atoms with Gasteiger partial charge in [-0.15, -0.1) is 0 Å². The van der Waals surface area contributed by atoms with E-state index in [1.54, 1.807) is 0 Å². The van der Waals surface area contributed by atoms with Crippen molar-refractivity contribution in [3.05, 3.63) is 125 Å². The molecule has 3 heteroatoms. The van der Waals surface area contributed by atoms with Crippen LogP contribution in [0.5, 0.6) is 0 Å². The molecule has 1 aliphatic carbocycles. The largest absolute Gasteiger partial charge is 0.511 e. The summed E-state index contributed by atoms with van der Waals surface area (Å²) in [5.74, 6) is 0.0935. The van der Waals surface area contributed by atoms with Crippen molar-refractivity contribution in [2.45, 2.75) is 32.1 Å². The lowest BCUT2D eigenvalue weighted by Crippen LogP contribution is -2.27. The van der Waals surface area contributed by atoms with Crippen molar-refractivity contribution in [3.8, 4) is 0 Å². The Labute approximate surface area is 200 Å². The van der Waals surface area contributed by atoms with E-state index in [0.29, 0.717) is 30.5 Å². The summed E-state index contributed by atoms with van der Waals surface area (Å²) in [5, 5.41) is 13.5. The van der Waals surface area contributed by atoms with Crippen LogP contribution in [0.3, 0.4) is 0 Å². The van der Waals surface area contributed by atoms with Crippen LogP contribution < -0.4 is 0 Å². The van der Waals surface area contributed by atoms with E-state index in [9.17, 15) is 9.90 Å². The first kappa shape index (κ1) is 21.8. The molecule has 0 aliphatic heterocycles. The van der Waals surface area contributed by atoms with Gasteiger partial charge in [-0.1, -0.05) is 91.0 Å². The molecule has 0 bridgehead atoms. The minimum atomic E-state index is -0.0508. The van der Waals surface area contributed by atoms with E-state index in [-0.39, 0.29) is 17.5 Å². The summed E-state index contributed by atoms with van der Waals surface area (Å²) in [7, 11) is 0. The van der Waals surface area contributed by atoms with Crippen LogP contribution >= 0.6 is 0 Å². The molecule has 0 saturated heterocycles.